The van der Waals surface area contributed by atoms with Gasteiger partial charge in [0.05, 0.1) is 11.4 Å². The number of nitrogens with one attached hydrogen (secondary N) is 1. The van der Waals surface area contributed by atoms with Gasteiger partial charge in [-0.05, 0) is 61.5 Å². The standard InChI is InChI=1S/C26H28FN7O/c27-21-6-2-7-22(12-21)31-14-18(13-28)16-34-11-3-5-20(17-34)25(29)33-26(35)32-24-8-1-4-19-15-30-10-9-23(19)24/h1-2,4,6-10,12-15,20H,3,5,11,16-17,28H2,(H3,29,32,33,35)/b18-13+,31-14?. The predicted molar refractivity (Wildman–Crippen MR) is 138 cm³/mol. The monoisotopic (exact) mass is 473 g/mol. The number of benzene rings is 2. The summed E-state index contributed by atoms with van der Waals surface area (Å²) >= 11 is 0. The first-order valence-electron chi connectivity index (χ1n) is 11.4. The van der Waals surface area contributed by atoms with E-state index >= 15 is 0 Å². The number of amides is 2. The molecule has 0 saturated carbocycles. The Balaban J connectivity index is 1.37. The SMILES string of the molecule is N/C=C(\C=Nc1cccc(F)c1)CN1CCCC(/C(N)=N/C(=O)Nc2cccc3cnccc23)C1. The number of aliphatic imine (C=N–C) groups is 2. The van der Waals surface area contributed by atoms with Crippen LogP contribution in [0.5, 0.6) is 0 Å². The Kier molecular flexibility index (Phi) is 7.79. The number of amidine groups is 1. The van der Waals surface area contributed by atoms with Gasteiger partial charge in [0.15, 0.2) is 0 Å². The van der Waals surface area contributed by atoms with E-state index in [1.165, 1.54) is 18.3 Å². The highest BCUT2D eigenvalue weighted by Crippen LogP contribution is 2.23. The Morgan fingerprint density at radius 3 is 2.94 bits per heavy atom. The number of hydrogen-bond acceptors (Lipinski definition) is 5. The molecule has 3 aromatic rings. The number of rotatable bonds is 6. The second-order valence-corrected chi connectivity index (χ2v) is 8.42. The van der Waals surface area contributed by atoms with Crippen LogP contribution in [-0.2, 0) is 0 Å². The maximum Gasteiger partial charge on any atom is 0.347 e. The number of hydrogen-bond donors (Lipinski definition) is 3. The van der Waals surface area contributed by atoms with E-state index in [1.54, 1.807) is 30.7 Å². The smallest absolute Gasteiger partial charge is 0.347 e. The van der Waals surface area contributed by atoms with Gasteiger partial charge in [-0.15, -0.1) is 0 Å². The van der Waals surface area contributed by atoms with E-state index in [-0.39, 0.29) is 11.7 Å². The molecule has 1 aliphatic heterocycles. The van der Waals surface area contributed by atoms with Crippen LogP contribution < -0.4 is 16.8 Å². The topological polar surface area (TPSA) is 122 Å². The fourth-order valence-corrected chi connectivity index (χ4v) is 4.13. The van der Waals surface area contributed by atoms with Crippen LogP contribution >= 0.6 is 0 Å². The van der Waals surface area contributed by atoms with Crippen molar-refractivity contribution in [3.05, 3.63) is 78.5 Å². The van der Waals surface area contributed by atoms with Crippen molar-refractivity contribution in [1.82, 2.24) is 9.88 Å². The summed E-state index contributed by atoms with van der Waals surface area (Å²) in [5, 5.41) is 4.64. The number of carbonyl (C=O) groups excluding carboxylic acids is 1. The molecule has 1 aliphatic rings. The predicted octanol–water partition coefficient (Wildman–Crippen LogP) is 4.22. The number of halogens is 1. The van der Waals surface area contributed by atoms with E-state index in [2.05, 4.69) is 25.2 Å². The zero-order valence-corrected chi connectivity index (χ0v) is 19.3. The van der Waals surface area contributed by atoms with Crippen molar-refractivity contribution in [3.63, 3.8) is 0 Å². The molecule has 0 radical (unpaired) electrons. The number of pyridine rings is 1. The minimum absolute atomic E-state index is 0.0506. The summed E-state index contributed by atoms with van der Waals surface area (Å²) in [4.78, 5) is 27.3. The molecule has 1 saturated heterocycles. The summed E-state index contributed by atoms with van der Waals surface area (Å²) in [6, 6.07) is 13.0. The molecule has 4 rings (SSSR count). The van der Waals surface area contributed by atoms with E-state index < -0.39 is 6.03 Å². The second kappa shape index (κ2) is 11.3. The normalized spacial score (nSPS) is 17.7. The van der Waals surface area contributed by atoms with Crippen molar-refractivity contribution in [2.75, 3.05) is 25.0 Å². The van der Waals surface area contributed by atoms with E-state index in [0.29, 0.717) is 30.3 Å². The lowest BCUT2D eigenvalue weighted by Crippen LogP contribution is -2.42. The minimum Gasteiger partial charge on any atom is -0.404 e. The van der Waals surface area contributed by atoms with Gasteiger partial charge in [0, 0.05) is 48.4 Å². The summed E-state index contributed by atoms with van der Waals surface area (Å²) in [6.07, 6.45) is 8.32. The molecular weight excluding hydrogens is 445 g/mol. The maximum absolute atomic E-state index is 13.4. The number of anilines is 1. The van der Waals surface area contributed by atoms with E-state index in [0.717, 1.165) is 35.7 Å². The van der Waals surface area contributed by atoms with Gasteiger partial charge >= 0.3 is 6.03 Å². The summed E-state index contributed by atoms with van der Waals surface area (Å²) in [5.74, 6) is -0.0840. The zero-order valence-electron chi connectivity index (χ0n) is 19.3. The molecule has 2 heterocycles. The lowest BCUT2D eigenvalue weighted by atomic mass is 9.96. The van der Waals surface area contributed by atoms with Crippen LogP contribution in [0.4, 0.5) is 20.6 Å². The Morgan fingerprint density at radius 1 is 1.26 bits per heavy atom. The largest absolute Gasteiger partial charge is 0.404 e. The first-order valence-corrected chi connectivity index (χ1v) is 11.4. The molecule has 1 unspecified atom stereocenters. The summed E-state index contributed by atoms with van der Waals surface area (Å²) < 4.78 is 13.4. The van der Waals surface area contributed by atoms with Gasteiger partial charge in [0.2, 0.25) is 0 Å². The third kappa shape index (κ3) is 6.48. The average Bonchev–Trinajstić information content (AvgIpc) is 2.87. The number of carbonyl (C=O) groups is 1. The number of nitrogens with two attached hydrogens (primary N) is 2. The van der Waals surface area contributed by atoms with Gasteiger partial charge < -0.3 is 16.8 Å². The third-order valence-corrected chi connectivity index (χ3v) is 5.88. The molecule has 9 heteroatoms. The summed E-state index contributed by atoms with van der Waals surface area (Å²) in [5.41, 5.74) is 14.0. The van der Waals surface area contributed by atoms with E-state index in [1.807, 2.05) is 24.3 Å². The van der Waals surface area contributed by atoms with Crippen molar-refractivity contribution in [1.29, 1.82) is 0 Å². The highest BCUT2D eigenvalue weighted by molar-refractivity contribution is 6.05. The van der Waals surface area contributed by atoms with Crippen LogP contribution in [0.2, 0.25) is 0 Å². The Bertz CT molecular complexity index is 1280. The molecule has 8 nitrogen and oxygen atoms in total. The quantitative estimate of drug-likeness (QED) is 0.365. The first-order chi connectivity index (χ1) is 17.0. The molecular formula is C26H28FN7O. The molecule has 5 N–H and O–H groups in total. The fourth-order valence-electron chi connectivity index (χ4n) is 4.13. The van der Waals surface area contributed by atoms with Crippen molar-refractivity contribution in [2.24, 2.45) is 27.4 Å². The van der Waals surface area contributed by atoms with Gasteiger partial charge in [-0.1, -0.05) is 18.2 Å². The van der Waals surface area contributed by atoms with Crippen LogP contribution in [0, 0.1) is 11.7 Å². The van der Waals surface area contributed by atoms with Gasteiger partial charge in [0.25, 0.3) is 0 Å². The third-order valence-electron chi connectivity index (χ3n) is 5.88. The van der Waals surface area contributed by atoms with E-state index in [9.17, 15) is 9.18 Å². The van der Waals surface area contributed by atoms with Crippen molar-refractivity contribution in [3.8, 4) is 0 Å². The molecule has 180 valence electrons. The lowest BCUT2D eigenvalue weighted by Gasteiger charge is -2.32. The number of urea groups is 1. The van der Waals surface area contributed by atoms with Crippen molar-refractivity contribution >= 4 is 40.2 Å². The molecule has 0 aliphatic carbocycles. The van der Waals surface area contributed by atoms with Crippen molar-refractivity contribution in [2.45, 2.75) is 12.8 Å². The van der Waals surface area contributed by atoms with Crippen LogP contribution in [0.15, 0.2) is 82.7 Å². The zero-order chi connectivity index (χ0) is 24.6. The van der Waals surface area contributed by atoms with E-state index in [4.69, 9.17) is 11.5 Å². The van der Waals surface area contributed by atoms with Crippen LogP contribution in [0.3, 0.4) is 0 Å². The van der Waals surface area contributed by atoms with Gasteiger partial charge in [-0.2, -0.15) is 4.99 Å². The molecule has 1 aromatic heterocycles. The number of piperidine rings is 1. The average molecular weight is 474 g/mol. The Morgan fingerprint density at radius 2 is 2.11 bits per heavy atom. The molecule has 1 fully saturated rings. The summed E-state index contributed by atoms with van der Waals surface area (Å²) in [7, 11) is 0. The molecule has 35 heavy (non-hydrogen) atoms. The highest BCUT2D eigenvalue weighted by atomic mass is 19.1. The number of likely N-dealkylation sites (tertiary alicyclic amines) is 1. The van der Waals surface area contributed by atoms with Gasteiger partial charge in [0.1, 0.15) is 11.7 Å². The Labute approximate surface area is 203 Å². The van der Waals surface area contributed by atoms with Crippen LogP contribution in [-0.4, -0.2) is 47.6 Å². The number of fused-ring (bicyclic) bond motifs is 1. The van der Waals surface area contributed by atoms with Crippen LogP contribution in [0.25, 0.3) is 10.8 Å². The molecule has 1 atom stereocenters. The Hall–Kier alpha value is -4.11. The second-order valence-electron chi connectivity index (χ2n) is 8.42. The molecule has 0 spiro atoms. The molecule has 2 aromatic carbocycles. The molecule has 2 amide bonds. The summed E-state index contributed by atoms with van der Waals surface area (Å²) in [6.45, 7) is 2.08. The lowest BCUT2D eigenvalue weighted by molar-refractivity contribution is 0.221. The first kappa shape index (κ1) is 24.0. The van der Waals surface area contributed by atoms with Crippen LogP contribution in [0.1, 0.15) is 12.8 Å². The maximum atomic E-state index is 13.4. The fraction of sp³-hybridized carbons (Fsp3) is 0.231. The number of aromatic nitrogens is 1. The highest BCUT2D eigenvalue weighted by Gasteiger charge is 2.23. The van der Waals surface area contributed by atoms with Gasteiger partial charge in [-0.25, -0.2) is 9.18 Å². The van der Waals surface area contributed by atoms with Crippen molar-refractivity contribution < 1.29 is 9.18 Å². The molecule has 0 bridgehead atoms. The minimum atomic E-state index is -0.506. The van der Waals surface area contributed by atoms with Gasteiger partial charge in [-0.3, -0.25) is 14.9 Å². The number of nitrogens with zero attached hydrogens (tertiary/aromatic N) is 4.